The molecule has 0 fully saturated rings. The van der Waals surface area contributed by atoms with E-state index in [9.17, 15) is 8.78 Å². The fraction of sp³-hybridized carbons (Fsp3) is 0.100. The summed E-state index contributed by atoms with van der Waals surface area (Å²) in [5, 5.41) is 0. The third-order valence-electron chi connectivity index (χ3n) is 2.23. The van der Waals surface area contributed by atoms with Gasteiger partial charge >= 0.3 is 0 Å². The van der Waals surface area contributed by atoms with E-state index in [1.54, 1.807) is 6.20 Å². The van der Waals surface area contributed by atoms with Crippen LogP contribution in [0.15, 0.2) is 30.6 Å². The summed E-state index contributed by atoms with van der Waals surface area (Å²) < 4.78 is 26.5. The van der Waals surface area contributed by atoms with E-state index >= 15 is 0 Å². The molecule has 0 aliphatic carbocycles. The predicted molar refractivity (Wildman–Crippen MR) is 54.1 cm³/mol. The fourth-order valence-electron chi connectivity index (χ4n) is 1.49. The van der Waals surface area contributed by atoms with Crippen LogP contribution in [0.25, 0.3) is 0 Å². The Morgan fingerprint density at radius 1 is 1.38 bits per heavy atom. The zero-order chi connectivity index (χ0) is 11.5. The number of imidazole rings is 1. The average molecular weight is 224 g/mol. The van der Waals surface area contributed by atoms with E-state index in [-0.39, 0.29) is 5.56 Å². The summed E-state index contributed by atoms with van der Waals surface area (Å²) in [5.74, 6) is 4.67. The smallest absolute Gasteiger partial charge is 0.129 e. The zero-order valence-corrected chi connectivity index (χ0v) is 8.24. The molecule has 2 rings (SSSR count). The van der Waals surface area contributed by atoms with E-state index < -0.39 is 17.7 Å². The van der Waals surface area contributed by atoms with Gasteiger partial charge in [0.1, 0.15) is 23.5 Å². The second-order valence-electron chi connectivity index (χ2n) is 3.24. The molecule has 0 saturated carbocycles. The first kappa shape index (κ1) is 10.7. The lowest BCUT2D eigenvalue weighted by atomic mass is 10.1. The normalized spacial score (nSPS) is 12.7. The number of hydrogen-bond donors (Lipinski definition) is 3. The second-order valence-corrected chi connectivity index (χ2v) is 3.24. The Hall–Kier alpha value is -1.79. The summed E-state index contributed by atoms with van der Waals surface area (Å²) in [7, 11) is 0. The van der Waals surface area contributed by atoms with E-state index in [1.807, 2.05) is 0 Å². The number of rotatable bonds is 3. The molecule has 0 spiro atoms. The molecule has 0 amide bonds. The van der Waals surface area contributed by atoms with Crippen LogP contribution in [0.1, 0.15) is 17.4 Å². The Morgan fingerprint density at radius 3 is 2.81 bits per heavy atom. The van der Waals surface area contributed by atoms with Crippen LogP contribution < -0.4 is 11.3 Å². The van der Waals surface area contributed by atoms with E-state index in [0.29, 0.717) is 5.82 Å². The molecule has 0 aliphatic heterocycles. The number of hydrogen-bond acceptors (Lipinski definition) is 3. The van der Waals surface area contributed by atoms with Crippen molar-refractivity contribution in [3.8, 4) is 0 Å². The zero-order valence-electron chi connectivity index (χ0n) is 8.24. The summed E-state index contributed by atoms with van der Waals surface area (Å²) in [4.78, 5) is 6.74. The van der Waals surface area contributed by atoms with Crippen molar-refractivity contribution in [3.63, 3.8) is 0 Å². The van der Waals surface area contributed by atoms with Crippen LogP contribution in [0.3, 0.4) is 0 Å². The first-order valence-electron chi connectivity index (χ1n) is 4.62. The van der Waals surface area contributed by atoms with Crippen LogP contribution in [0.5, 0.6) is 0 Å². The molecule has 4 N–H and O–H groups in total. The number of hydrazine groups is 1. The van der Waals surface area contributed by atoms with Gasteiger partial charge in [-0.25, -0.2) is 19.2 Å². The van der Waals surface area contributed by atoms with Gasteiger partial charge in [0, 0.05) is 18.0 Å². The van der Waals surface area contributed by atoms with Gasteiger partial charge in [-0.05, 0) is 18.2 Å². The van der Waals surface area contributed by atoms with Gasteiger partial charge in [0.2, 0.25) is 0 Å². The molecule has 1 heterocycles. The third-order valence-corrected chi connectivity index (χ3v) is 2.23. The van der Waals surface area contributed by atoms with Crippen molar-refractivity contribution in [2.45, 2.75) is 6.04 Å². The number of aromatic nitrogens is 2. The van der Waals surface area contributed by atoms with Crippen LogP contribution in [0.2, 0.25) is 0 Å². The van der Waals surface area contributed by atoms with Gasteiger partial charge in [-0.15, -0.1) is 0 Å². The Bertz CT molecular complexity index is 470. The van der Waals surface area contributed by atoms with E-state index in [1.165, 1.54) is 6.20 Å². The number of nitrogens with two attached hydrogens (primary N) is 1. The summed E-state index contributed by atoms with van der Waals surface area (Å²) >= 11 is 0. The maximum atomic E-state index is 13.5. The lowest BCUT2D eigenvalue weighted by Gasteiger charge is -2.14. The van der Waals surface area contributed by atoms with E-state index in [2.05, 4.69) is 15.4 Å². The third kappa shape index (κ3) is 1.93. The molecule has 84 valence electrons. The number of nitrogens with one attached hydrogen (secondary N) is 2. The molecule has 16 heavy (non-hydrogen) atoms. The summed E-state index contributed by atoms with van der Waals surface area (Å²) in [6.45, 7) is 0. The Balaban J connectivity index is 2.44. The molecule has 0 radical (unpaired) electrons. The largest absolute Gasteiger partial charge is 0.347 e. The number of H-pyrrole nitrogens is 1. The molecule has 4 nitrogen and oxygen atoms in total. The van der Waals surface area contributed by atoms with Crippen LogP contribution in [-0.2, 0) is 0 Å². The number of benzene rings is 1. The first-order valence-corrected chi connectivity index (χ1v) is 4.62. The molecular formula is C10H10F2N4. The lowest BCUT2D eigenvalue weighted by Crippen LogP contribution is -2.30. The number of aromatic amines is 1. The van der Waals surface area contributed by atoms with Gasteiger partial charge in [-0.1, -0.05) is 0 Å². The van der Waals surface area contributed by atoms with Crippen molar-refractivity contribution < 1.29 is 8.78 Å². The molecule has 1 unspecified atom stereocenters. The Kier molecular flexibility index (Phi) is 2.93. The molecule has 1 aromatic heterocycles. The molecule has 0 saturated heterocycles. The average Bonchev–Trinajstić information content (AvgIpc) is 2.78. The minimum absolute atomic E-state index is 0.109. The number of halogens is 2. The summed E-state index contributed by atoms with van der Waals surface area (Å²) in [6.07, 6.45) is 3.09. The van der Waals surface area contributed by atoms with E-state index in [4.69, 9.17) is 5.84 Å². The highest BCUT2D eigenvalue weighted by atomic mass is 19.1. The topological polar surface area (TPSA) is 66.7 Å². The second kappa shape index (κ2) is 4.38. The summed E-state index contributed by atoms with van der Waals surface area (Å²) in [5.41, 5.74) is 2.50. The van der Waals surface area contributed by atoms with Crippen molar-refractivity contribution in [3.05, 3.63) is 53.6 Å². The van der Waals surface area contributed by atoms with E-state index in [0.717, 1.165) is 18.2 Å². The fourth-order valence-corrected chi connectivity index (χ4v) is 1.49. The molecule has 1 aromatic carbocycles. The van der Waals surface area contributed by atoms with Gasteiger partial charge in [0.05, 0.1) is 0 Å². The Labute approximate surface area is 90.5 Å². The van der Waals surface area contributed by atoms with Gasteiger partial charge in [-0.2, -0.15) is 0 Å². The van der Waals surface area contributed by atoms with Crippen molar-refractivity contribution in [1.29, 1.82) is 0 Å². The van der Waals surface area contributed by atoms with Crippen LogP contribution >= 0.6 is 0 Å². The van der Waals surface area contributed by atoms with Crippen LogP contribution in [0.4, 0.5) is 8.78 Å². The van der Waals surface area contributed by atoms with Crippen molar-refractivity contribution in [2.24, 2.45) is 5.84 Å². The highest BCUT2D eigenvalue weighted by Gasteiger charge is 2.19. The lowest BCUT2D eigenvalue weighted by molar-refractivity contribution is 0.534. The molecule has 0 bridgehead atoms. The van der Waals surface area contributed by atoms with Crippen LogP contribution in [-0.4, -0.2) is 9.97 Å². The van der Waals surface area contributed by atoms with Gasteiger partial charge in [-0.3, -0.25) is 5.84 Å². The standard InChI is InChI=1S/C10H10F2N4/c11-6-1-2-8(12)7(5-6)9(16-13)10-14-3-4-15-10/h1-5,9,16H,13H2,(H,14,15). The van der Waals surface area contributed by atoms with Crippen LogP contribution in [0, 0.1) is 11.6 Å². The molecule has 6 heteroatoms. The maximum Gasteiger partial charge on any atom is 0.129 e. The SMILES string of the molecule is NNC(c1ncc[nH]1)c1cc(F)ccc1F. The van der Waals surface area contributed by atoms with Crippen molar-refractivity contribution >= 4 is 0 Å². The molecule has 1 atom stereocenters. The minimum atomic E-state index is -0.703. The number of nitrogens with zero attached hydrogens (tertiary/aromatic N) is 1. The van der Waals surface area contributed by atoms with Gasteiger partial charge < -0.3 is 4.98 Å². The molecule has 2 aromatic rings. The highest BCUT2D eigenvalue weighted by molar-refractivity contribution is 5.27. The van der Waals surface area contributed by atoms with Gasteiger partial charge in [0.15, 0.2) is 0 Å². The predicted octanol–water partition coefficient (Wildman–Crippen LogP) is 1.24. The highest BCUT2D eigenvalue weighted by Crippen LogP contribution is 2.21. The van der Waals surface area contributed by atoms with Gasteiger partial charge in [0.25, 0.3) is 0 Å². The summed E-state index contributed by atoms with van der Waals surface area (Å²) in [6, 6.07) is 2.49. The van der Waals surface area contributed by atoms with Crippen molar-refractivity contribution in [1.82, 2.24) is 15.4 Å². The minimum Gasteiger partial charge on any atom is -0.347 e. The maximum absolute atomic E-state index is 13.5. The quantitative estimate of drug-likeness (QED) is 0.542. The first-order chi connectivity index (χ1) is 7.72. The monoisotopic (exact) mass is 224 g/mol. The molecular weight excluding hydrogens is 214 g/mol. The Morgan fingerprint density at radius 2 is 2.19 bits per heavy atom. The molecule has 0 aliphatic rings. The van der Waals surface area contributed by atoms with Crippen molar-refractivity contribution in [2.75, 3.05) is 0 Å².